The van der Waals surface area contributed by atoms with Crippen molar-refractivity contribution in [3.8, 4) is 0 Å². The van der Waals surface area contributed by atoms with Crippen molar-refractivity contribution in [3.05, 3.63) is 47.4 Å². The van der Waals surface area contributed by atoms with E-state index in [9.17, 15) is 14.4 Å². The van der Waals surface area contributed by atoms with Crippen LogP contribution in [0.25, 0.3) is 0 Å². The largest absolute Gasteiger partial charge is 0.478 e. The number of carbonyl (C=O) groups excluding carboxylic acids is 2. The first-order valence-electron chi connectivity index (χ1n) is 8.43. The topological polar surface area (TPSA) is 99.8 Å². The van der Waals surface area contributed by atoms with E-state index >= 15 is 0 Å². The SMILES string of the molecule is CSc1ccc(N2CC(C(=O)NCc3cc(C(=O)O)c(C)o3)CC2=O)cc1. The number of benzene rings is 1. The molecule has 0 bridgehead atoms. The lowest BCUT2D eigenvalue weighted by atomic mass is 10.1. The molecular formula is C19H20N2O5S. The molecule has 1 aromatic heterocycles. The minimum Gasteiger partial charge on any atom is -0.478 e. The van der Waals surface area contributed by atoms with E-state index in [-0.39, 0.29) is 30.3 Å². The van der Waals surface area contributed by atoms with Gasteiger partial charge in [0.1, 0.15) is 17.1 Å². The average molecular weight is 388 g/mol. The number of thioether (sulfide) groups is 1. The Labute approximate surface area is 160 Å². The van der Waals surface area contributed by atoms with Crippen LogP contribution in [0.3, 0.4) is 0 Å². The summed E-state index contributed by atoms with van der Waals surface area (Å²) in [6.45, 7) is 1.96. The van der Waals surface area contributed by atoms with Gasteiger partial charge < -0.3 is 19.7 Å². The third-order valence-corrected chi connectivity index (χ3v) is 5.26. The fraction of sp³-hybridized carbons (Fsp3) is 0.316. The third kappa shape index (κ3) is 4.16. The first kappa shape index (κ1) is 19.0. The Balaban J connectivity index is 1.60. The molecule has 2 heterocycles. The molecule has 0 saturated carbocycles. The van der Waals surface area contributed by atoms with E-state index in [4.69, 9.17) is 9.52 Å². The number of carbonyl (C=O) groups is 3. The Bertz CT molecular complexity index is 875. The summed E-state index contributed by atoms with van der Waals surface area (Å²) in [6.07, 6.45) is 2.13. The van der Waals surface area contributed by atoms with Crippen LogP contribution in [0.2, 0.25) is 0 Å². The maximum Gasteiger partial charge on any atom is 0.339 e. The molecule has 1 atom stereocenters. The van der Waals surface area contributed by atoms with E-state index in [1.807, 2.05) is 30.5 Å². The van der Waals surface area contributed by atoms with Gasteiger partial charge in [-0.25, -0.2) is 4.79 Å². The number of carboxylic acid groups (broad SMARTS) is 1. The first-order valence-corrected chi connectivity index (χ1v) is 9.66. The number of hydrogen-bond acceptors (Lipinski definition) is 5. The van der Waals surface area contributed by atoms with Crippen molar-refractivity contribution in [2.75, 3.05) is 17.7 Å². The smallest absolute Gasteiger partial charge is 0.339 e. The average Bonchev–Trinajstić information content (AvgIpc) is 3.22. The molecule has 0 spiro atoms. The Kier molecular flexibility index (Phi) is 5.55. The third-order valence-electron chi connectivity index (χ3n) is 4.52. The molecule has 142 valence electrons. The fourth-order valence-corrected chi connectivity index (χ4v) is 3.46. The number of nitrogens with zero attached hydrogens (tertiary/aromatic N) is 1. The highest BCUT2D eigenvalue weighted by atomic mass is 32.2. The molecule has 8 heteroatoms. The van der Waals surface area contributed by atoms with Crippen LogP contribution in [-0.4, -0.2) is 35.7 Å². The molecule has 7 nitrogen and oxygen atoms in total. The van der Waals surface area contributed by atoms with Crippen LogP contribution in [0.15, 0.2) is 39.6 Å². The first-order chi connectivity index (χ1) is 12.9. The summed E-state index contributed by atoms with van der Waals surface area (Å²) < 4.78 is 5.35. The van der Waals surface area contributed by atoms with Gasteiger partial charge >= 0.3 is 5.97 Å². The van der Waals surface area contributed by atoms with Crippen LogP contribution in [0.5, 0.6) is 0 Å². The number of amides is 2. The lowest BCUT2D eigenvalue weighted by Gasteiger charge is -2.17. The van der Waals surface area contributed by atoms with Crippen LogP contribution in [0, 0.1) is 12.8 Å². The standard InChI is InChI=1S/C19H20N2O5S/c1-11-16(19(24)25)8-14(26-11)9-20-18(23)12-7-17(22)21(10-12)13-3-5-15(27-2)6-4-13/h3-6,8,12H,7,9-10H2,1-2H3,(H,20,23)(H,24,25). The molecule has 1 saturated heterocycles. The van der Waals surface area contributed by atoms with E-state index in [0.29, 0.717) is 18.1 Å². The Morgan fingerprint density at radius 3 is 2.63 bits per heavy atom. The van der Waals surface area contributed by atoms with Gasteiger partial charge in [0.15, 0.2) is 0 Å². The normalized spacial score (nSPS) is 16.6. The lowest BCUT2D eigenvalue weighted by Crippen LogP contribution is -2.32. The molecule has 27 heavy (non-hydrogen) atoms. The number of furan rings is 1. The zero-order valence-corrected chi connectivity index (χ0v) is 15.8. The highest BCUT2D eigenvalue weighted by Crippen LogP contribution is 2.27. The Morgan fingerprint density at radius 2 is 2.04 bits per heavy atom. The summed E-state index contributed by atoms with van der Waals surface area (Å²) in [5, 5.41) is 11.8. The second-order valence-electron chi connectivity index (χ2n) is 6.31. The van der Waals surface area contributed by atoms with E-state index in [1.54, 1.807) is 23.6 Å². The molecule has 1 aliphatic heterocycles. The van der Waals surface area contributed by atoms with Crippen LogP contribution in [0.4, 0.5) is 5.69 Å². The summed E-state index contributed by atoms with van der Waals surface area (Å²) in [7, 11) is 0. The van der Waals surface area contributed by atoms with Gasteiger partial charge in [0.25, 0.3) is 0 Å². The van der Waals surface area contributed by atoms with Gasteiger partial charge in [-0.05, 0) is 43.5 Å². The highest BCUT2D eigenvalue weighted by Gasteiger charge is 2.35. The van der Waals surface area contributed by atoms with E-state index in [0.717, 1.165) is 10.6 Å². The molecule has 2 aromatic rings. The van der Waals surface area contributed by atoms with Gasteiger partial charge in [0.2, 0.25) is 11.8 Å². The molecule has 2 N–H and O–H groups in total. The van der Waals surface area contributed by atoms with Crippen LogP contribution in [0.1, 0.15) is 28.3 Å². The Morgan fingerprint density at radius 1 is 1.33 bits per heavy atom. The van der Waals surface area contributed by atoms with Gasteiger partial charge in [-0.1, -0.05) is 0 Å². The number of nitrogens with one attached hydrogen (secondary N) is 1. The number of anilines is 1. The molecule has 1 aliphatic rings. The quantitative estimate of drug-likeness (QED) is 0.738. The molecule has 2 amide bonds. The molecular weight excluding hydrogens is 368 g/mol. The molecule has 3 rings (SSSR count). The van der Waals surface area contributed by atoms with E-state index in [2.05, 4.69) is 5.32 Å². The lowest BCUT2D eigenvalue weighted by molar-refractivity contribution is -0.126. The van der Waals surface area contributed by atoms with Crippen LogP contribution < -0.4 is 10.2 Å². The molecule has 1 fully saturated rings. The summed E-state index contributed by atoms with van der Waals surface area (Å²) in [5.74, 6) is -1.20. The minimum atomic E-state index is -1.07. The number of aryl methyl sites for hydroxylation is 1. The van der Waals surface area contributed by atoms with Crippen molar-refractivity contribution in [1.82, 2.24) is 5.32 Å². The van der Waals surface area contributed by atoms with Crippen LogP contribution >= 0.6 is 11.8 Å². The second-order valence-corrected chi connectivity index (χ2v) is 7.19. The molecule has 1 aromatic carbocycles. The maximum absolute atomic E-state index is 12.4. The van der Waals surface area contributed by atoms with Crippen LogP contribution in [-0.2, 0) is 16.1 Å². The van der Waals surface area contributed by atoms with Crippen molar-refractivity contribution >= 4 is 35.2 Å². The summed E-state index contributed by atoms with van der Waals surface area (Å²) in [6, 6.07) is 9.05. The van der Waals surface area contributed by atoms with Gasteiger partial charge in [0, 0.05) is 23.5 Å². The number of hydrogen-bond donors (Lipinski definition) is 2. The van der Waals surface area contributed by atoms with Gasteiger partial charge in [0.05, 0.1) is 12.5 Å². The molecule has 0 aliphatic carbocycles. The second kappa shape index (κ2) is 7.87. The van der Waals surface area contributed by atoms with Gasteiger partial charge in [-0.15, -0.1) is 11.8 Å². The van der Waals surface area contributed by atoms with Crippen molar-refractivity contribution in [2.24, 2.45) is 5.92 Å². The molecule has 0 radical (unpaired) electrons. The monoisotopic (exact) mass is 388 g/mol. The fourth-order valence-electron chi connectivity index (χ4n) is 3.06. The highest BCUT2D eigenvalue weighted by molar-refractivity contribution is 7.98. The Hall–Kier alpha value is -2.74. The summed E-state index contributed by atoms with van der Waals surface area (Å²) >= 11 is 1.62. The van der Waals surface area contributed by atoms with Crippen molar-refractivity contribution < 1.29 is 23.9 Å². The van der Waals surface area contributed by atoms with Crippen molar-refractivity contribution in [3.63, 3.8) is 0 Å². The minimum absolute atomic E-state index is 0.0788. The summed E-state index contributed by atoms with van der Waals surface area (Å²) in [5.41, 5.74) is 0.857. The zero-order valence-electron chi connectivity index (χ0n) is 15.0. The maximum atomic E-state index is 12.4. The molecule has 1 unspecified atom stereocenters. The van der Waals surface area contributed by atoms with E-state index < -0.39 is 11.9 Å². The predicted molar refractivity (Wildman–Crippen MR) is 101 cm³/mol. The predicted octanol–water partition coefficient (Wildman–Crippen LogP) is 2.68. The number of rotatable bonds is 6. The number of aromatic carboxylic acids is 1. The number of carboxylic acids is 1. The van der Waals surface area contributed by atoms with Gasteiger partial charge in [-0.2, -0.15) is 0 Å². The zero-order chi connectivity index (χ0) is 19.6. The van der Waals surface area contributed by atoms with Crippen molar-refractivity contribution in [1.29, 1.82) is 0 Å². The van der Waals surface area contributed by atoms with E-state index in [1.165, 1.54) is 6.07 Å². The summed E-state index contributed by atoms with van der Waals surface area (Å²) in [4.78, 5) is 38.5. The van der Waals surface area contributed by atoms with Crippen molar-refractivity contribution in [2.45, 2.75) is 24.8 Å². The van der Waals surface area contributed by atoms with Gasteiger partial charge in [-0.3, -0.25) is 9.59 Å².